The van der Waals surface area contributed by atoms with Gasteiger partial charge in [0.25, 0.3) is 0 Å². The first-order valence-corrected chi connectivity index (χ1v) is 9.23. The number of fused-ring (bicyclic) bond motifs is 1. The Balaban J connectivity index is 1.44. The summed E-state index contributed by atoms with van der Waals surface area (Å²) in [6, 6.07) is -0.0790. The van der Waals surface area contributed by atoms with Crippen molar-refractivity contribution in [2.24, 2.45) is 5.92 Å². The Morgan fingerprint density at radius 2 is 2.17 bits per heavy atom. The van der Waals surface area contributed by atoms with Gasteiger partial charge in [-0.1, -0.05) is 12.8 Å². The van der Waals surface area contributed by atoms with Crippen molar-refractivity contribution in [1.29, 1.82) is 0 Å². The second-order valence-corrected chi connectivity index (χ2v) is 7.12. The van der Waals surface area contributed by atoms with Gasteiger partial charge in [0.1, 0.15) is 11.6 Å². The number of hydrogen-bond donors (Lipinski definition) is 2. The summed E-state index contributed by atoms with van der Waals surface area (Å²) in [4.78, 5) is 13.9. The number of carbonyl (C=O) groups is 1. The van der Waals surface area contributed by atoms with Gasteiger partial charge in [0.15, 0.2) is 0 Å². The SMILES string of the molecule is CN(CC1CCCC1O)C(=O)NCCc1nnc2n1CCCCC2. The van der Waals surface area contributed by atoms with Crippen LogP contribution < -0.4 is 5.32 Å². The minimum atomic E-state index is -0.258. The van der Waals surface area contributed by atoms with E-state index in [-0.39, 0.29) is 18.1 Å². The number of carbonyl (C=O) groups excluding carboxylic acids is 1. The zero-order valence-corrected chi connectivity index (χ0v) is 14.6. The van der Waals surface area contributed by atoms with Gasteiger partial charge in [0.05, 0.1) is 6.10 Å². The van der Waals surface area contributed by atoms with E-state index in [9.17, 15) is 9.90 Å². The molecule has 134 valence electrons. The van der Waals surface area contributed by atoms with E-state index in [1.807, 2.05) is 0 Å². The van der Waals surface area contributed by atoms with Crippen LogP contribution in [0, 0.1) is 5.92 Å². The van der Waals surface area contributed by atoms with E-state index in [1.165, 1.54) is 19.3 Å². The Hall–Kier alpha value is -1.63. The van der Waals surface area contributed by atoms with E-state index in [0.29, 0.717) is 19.5 Å². The van der Waals surface area contributed by atoms with Gasteiger partial charge in [-0.2, -0.15) is 0 Å². The molecule has 24 heavy (non-hydrogen) atoms. The molecule has 7 nitrogen and oxygen atoms in total. The minimum Gasteiger partial charge on any atom is -0.393 e. The molecule has 1 fully saturated rings. The summed E-state index contributed by atoms with van der Waals surface area (Å²) in [6.45, 7) is 2.17. The number of aryl methyl sites for hydroxylation is 1. The van der Waals surface area contributed by atoms with Crippen LogP contribution in [-0.4, -0.2) is 57.0 Å². The lowest BCUT2D eigenvalue weighted by molar-refractivity contribution is 0.114. The molecule has 1 aromatic rings. The number of aromatic nitrogens is 3. The molecule has 0 spiro atoms. The molecule has 2 N–H and O–H groups in total. The third-order valence-corrected chi connectivity index (χ3v) is 5.28. The lowest BCUT2D eigenvalue weighted by Crippen LogP contribution is -2.42. The number of rotatable bonds is 5. The molecule has 1 aliphatic heterocycles. The Morgan fingerprint density at radius 3 is 2.96 bits per heavy atom. The lowest BCUT2D eigenvalue weighted by atomic mass is 10.1. The maximum absolute atomic E-state index is 12.2. The van der Waals surface area contributed by atoms with Crippen LogP contribution in [0.25, 0.3) is 0 Å². The van der Waals surface area contributed by atoms with Crippen LogP contribution in [-0.2, 0) is 19.4 Å². The number of amides is 2. The Kier molecular flexibility index (Phi) is 5.71. The van der Waals surface area contributed by atoms with Gasteiger partial charge in [0.2, 0.25) is 0 Å². The van der Waals surface area contributed by atoms with Crippen LogP contribution in [0.15, 0.2) is 0 Å². The standard InChI is InChI=1S/C17H29N5O2/c1-21(12-13-6-5-7-14(13)23)17(24)18-10-9-16-20-19-15-8-3-2-4-11-22(15)16/h13-14,23H,2-12H2,1H3,(H,18,24). The Bertz CT molecular complexity index is 559. The van der Waals surface area contributed by atoms with E-state index < -0.39 is 0 Å². The molecule has 7 heteroatoms. The van der Waals surface area contributed by atoms with Crippen LogP contribution in [0.4, 0.5) is 4.79 Å². The van der Waals surface area contributed by atoms with Gasteiger partial charge in [-0.25, -0.2) is 4.79 Å². The van der Waals surface area contributed by atoms with Crippen molar-refractivity contribution in [1.82, 2.24) is 25.0 Å². The van der Waals surface area contributed by atoms with Crippen molar-refractivity contribution in [3.8, 4) is 0 Å². The first kappa shape index (κ1) is 17.2. The molecule has 0 bridgehead atoms. The molecule has 2 aliphatic rings. The molecule has 0 saturated heterocycles. The van der Waals surface area contributed by atoms with Crippen LogP contribution in [0.1, 0.15) is 50.2 Å². The molecule has 1 aromatic heterocycles. The average Bonchev–Trinajstić information content (AvgIpc) is 3.06. The average molecular weight is 335 g/mol. The fourth-order valence-electron chi connectivity index (χ4n) is 3.81. The molecule has 0 aromatic carbocycles. The monoisotopic (exact) mass is 335 g/mol. The van der Waals surface area contributed by atoms with Gasteiger partial charge in [0, 0.05) is 45.4 Å². The summed E-state index contributed by atoms with van der Waals surface area (Å²) in [5, 5.41) is 21.4. The summed E-state index contributed by atoms with van der Waals surface area (Å²) in [7, 11) is 1.80. The van der Waals surface area contributed by atoms with Gasteiger partial charge >= 0.3 is 6.03 Å². The quantitative estimate of drug-likeness (QED) is 0.851. The third kappa shape index (κ3) is 4.06. The van der Waals surface area contributed by atoms with Gasteiger partial charge in [-0.15, -0.1) is 10.2 Å². The third-order valence-electron chi connectivity index (χ3n) is 5.28. The fourth-order valence-corrected chi connectivity index (χ4v) is 3.81. The smallest absolute Gasteiger partial charge is 0.317 e. The first-order chi connectivity index (χ1) is 11.6. The molecular formula is C17H29N5O2. The maximum Gasteiger partial charge on any atom is 0.317 e. The second kappa shape index (κ2) is 7.96. The number of aliphatic hydroxyl groups is 1. The van der Waals surface area contributed by atoms with E-state index in [4.69, 9.17) is 0 Å². The van der Waals surface area contributed by atoms with E-state index in [0.717, 1.165) is 43.9 Å². The summed E-state index contributed by atoms with van der Waals surface area (Å²) in [6.07, 6.45) is 7.99. The fraction of sp³-hybridized carbons (Fsp3) is 0.824. The number of nitrogens with zero attached hydrogens (tertiary/aromatic N) is 4. The van der Waals surface area contributed by atoms with Crippen LogP contribution >= 0.6 is 0 Å². The van der Waals surface area contributed by atoms with Crippen molar-refractivity contribution in [2.75, 3.05) is 20.1 Å². The van der Waals surface area contributed by atoms with E-state index in [1.54, 1.807) is 11.9 Å². The summed E-state index contributed by atoms with van der Waals surface area (Å²) in [5.74, 6) is 2.27. The molecule has 3 rings (SSSR count). The van der Waals surface area contributed by atoms with Gasteiger partial charge in [-0.05, 0) is 25.7 Å². The van der Waals surface area contributed by atoms with Crippen molar-refractivity contribution >= 4 is 6.03 Å². The predicted octanol–water partition coefficient (Wildman–Crippen LogP) is 1.35. The Labute approximate surface area is 143 Å². The topological polar surface area (TPSA) is 83.3 Å². The van der Waals surface area contributed by atoms with E-state index >= 15 is 0 Å². The largest absolute Gasteiger partial charge is 0.393 e. The van der Waals surface area contributed by atoms with E-state index in [2.05, 4.69) is 20.1 Å². The molecule has 2 heterocycles. The lowest BCUT2D eigenvalue weighted by Gasteiger charge is -2.23. The second-order valence-electron chi connectivity index (χ2n) is 7.12. The predicted molar refractivity (Wildman–Crippen MR) is 90.7 cm³/mol. The molecule has 2 unspecified atom stereocenters. The summed E-state index contributed by atoms with van der Waals surface area (Å²) in [5.41, 5.74) is 0. The minimum absolute atomic E-state index is 0.0790. The van der Waals surface area contributed by atoms with Crippen LogP contribution in [0.3, 0.4) is 0 Å². The molecule has 1 saturated carbocycles. The van der Waals surface area contributed by atoms with Crippen molar-refractivity contribution < 1.29 is 9.90 Å². The molecule has 1 aliphatic carbocycles. The summed E-state index contributed by atoms with van der Waals surface area (Å²) >= 11 is 0. The van der Waals surface area contributed by atoms with Crippen LogP contribution in [0.5, 0.6) is 0 Å². The first-order valence-electron chi connectivity index (χ1n) is 9.23. The maximum atomic E-state index is 12.2. The number of hydrogen-bond acceptors (Lipinski definition) is 4. The highest BCUT2D eigenvalue weighted by molar-refractivity contribution is 5.73. The van der Waals surface area contributed by atoms with Crippen LogP contribution in [0.2, 0.25) is 0 Å². The molecular weight excluding hydrogens is 306 g/mol. The number of urea groups is 1. The summed E-state index contributed by atoms with van der Waals surface area (Å²) < 4.78 is 2.22. The van der Waals surface area contributed by atoms with Gasteiger partial charge in [-0.3, -0.25) is 0 Å². The molecule has 2 amide bonds. The van der Waals surface area contributed by atoms with Crippen molar-refractivity contribution in [3.63, 3.8) is 0 Å². The van der Waals surface area contributed by atoms with Gasteiger partial charge < -0.3 is 19.9 Å². The highest BCUT2D eigenvalue weighted by atomic mass is 16.3. The number of nitrogens with one attached hydrogen (secondary N) is 1. The molecule has 0 radical (unpaired) electrons. The molecule has 2 atom stereocenters. The van der Waals surface area contributed by atoms with Crippen molar-refractivity contribution in [3.05, 3.63) is 11.6 Å². The zero-order chi connectivity index (χ0) is 16.9. The number of aliphatic hydroxyl groups excluding tert-OH is 1. The highest BCUT2D eigenvalue weighted by Crippen LogP contribution is 2.25. The van der Waals surface area contributed by atoms with Crippen molar-refractivity contribution in [2.45, 2.75) is 64.0 Å². The highest BCUT2D eigenvalue weighted by Gasteiger charge is 2.27. The Morgan fingerprint density at radius 1 is 1.29 bits per heavy atom. The normalized spacial score (nSPS) is 23.6. The zero-order valence-electron chi connectivity index (χ0n) is 14.6.